The van der Waals surface area contributed by atoms with Crippen LogP contribution in [0.25, 0.3) is 24.3 Å². The van der Waals surface area contributed by atoms with Crippen molar-refractivity contribution in [3.63, 3.8) is 0 Å². The zero-order valence-corrected chi connectivity index (χ0v) is 15.0. The second-order valence-corrected chi connectivity index (χ2v) is 8.69. The molecule has 2 unspecified atom stereocenters. The van der Waals surface area contributed by atoms with Crippen LogP contribution in [0.3, 0.4) is 0 Å². The summed E-state index contributed by atoms with van der Waals surface area (Å²) >= 11 is 1.97. The van der Waals surface area contributed by atoms with Gasteiger partial charge in [-0.05, 0) is 41.5 Å². The van der Waals surface area contributed by atoms with Gasteiger partial charge >= 0.3 is 0 Å². The van der Waals surface area contributed by atoms with Crippen LogP contribution in [-0.2, 0) is 0 Å². The molecule has 3 aliphatic carbocycles. The second kappa shape index (κ2) is 5.94. The Morgan fingerprint density at radius 2 is 1.87 bits per heavy atom. The van der Waals surface area contributed by atoms with Gasteiger partial charge in [-0.25, -0.2) is 0 Å². The van der Waals surface area contributed by atoms with E-state index in [0.717, 1.165) is 5.92 Å². The Hall–Kier alpha value is -1.34. The van der Waals surface area contributed by atoms with E-state index in [1.165, 1.54) is 52.3 Å². The summed E-state index contributed by atoms with van der Waals surface area (Å²) in [6.07, 6.45) is 26.0. The van der Waals surface area contributed by atoms with Crippen molar-refractivity contribution in [1.29, 1.82) is 0 Å². The monoisotopic (exact) mass is 322 g/mol. The summed E-state index contributed by atoms with van der Waals surface area (Å²) in [7, 11) is 0. The van der Waals surface area contributed by atoms with Crippen molar-refractivity contribution in [2.75, 3.05) is 0 Å². The molecule has 1 fully saturated rings. The lowest BCUT2D eigenvalue weighted by Gasteiger charge is -2.35. The second-order valence-electron chi connectivity index (χ2n) is 7.61. The van der Waals surface area contributed by atoms with Crippen LogP contribution in [0.1, 0.15) is 56.4 Å². The first-order valence-electron chi connectivity index (χ1n) is 9.07. The normalized spacial score (nSPS) is 29.9. The standard InChI is InChI=1S/C22H26S/c1-16-10-12-19-18-9-6-14-22(2,17-7-4-3-5-8-17)15-21(18)23-20(19)13-11-16/h6,9-17H,3-5,7-8H2,1-2H3. The van der Waals surface area contributed by atoms with Crippen LogP contribution in [0, 0.1) is 17.3 Å². The first-order valence-corrected chi connectivity index (χ1v) is 9.89. The van der Waals surface area contributed by atoms with E-state index in [-0.39, 0.29) is 5.41 Å². The molecule has 0 saturated heterocycles. The van der Waals surface area contributed by atoms with Gasteiger partial charge in [0.05, 0.1) is 0 Å². The van der Waals surface area contributed by atoms with Crippen LogP contribution in [0.4, 0.5) is 0 Å². The number of hydrogen-bond donors (Lipinski definition) is 0. The molecule has 0 radical (unpaired) electrons. The Kier molecular flexibility index (Phi) is 3.93. The molecule has 0 nitrogen and oxygen atoms in total. The van der Waals surface area contributed by atoms with Crippen LogP contribution < -0.4 is 9.75 Å². The van der Waals surface area contributed by atoms with Crippen molar-refractivity contribution < 1.29 is 0 Å². The van der Waals surface area contributed by atoms with Crippen molar-refractivity contribution in [2.45, 2.75) is 46.0 Å². The van der Waals surface area contributed by atoms with E-state index in [4.69, 9.17) is 0 Å². The minimum absolute atomic E-state index is 0.215. The lowest BCUT2D eigenvalue weighted by atomic mass is 9.70. The SMILES string of the molecule is CC1C=Cc2sc3c(c2C=C1)=CC=CC(C)(C1CCCCC1)C=3. The minimum Gasteiger partial charge on any atom is -0.136 e. The fraction of sp³-hybridized carbons (Fsp3) is 0.455. The van der Waals surface area contributed by atoms with Gasteiger partial charge in [0.1, 0.15) is 0 Å². The smallest absolute Gasteiger partial charge is 0.0352 e. The Morgan fingerprint density at radius 1 is 1.09 bits per heavy atom. The highest BCUT2D eigenvalue weighted by Gasteiger charge is 2.31. The third kappa shape index (κ3) is 2.80. The maximum Gasteiger partial charge on any atom is 0.0352 e. The summed E-state index contributed by atoms with van der Waals surface area (Å²) in [6, 6.07) is 0. The summed E-state index contributed by atoms with van der Waals surface area (Å²) in [5, 5.41) is 1.43. The molecule has 0 aromatic carbocycles. The van der Waals surface area contributed by atoms with Gasteiger partial charge in [-0.3, -0.25) is 0 Å². The molecule has 1 heteroatoms. The van der Waals surface area contributed by atoms with E-state index in [2.05, 4.69) is 62.5 Å². The molecule has 2 atom stereocenters. The lowest BCUT2D eigenvalue weighted by Crippen LogP contribution is -2.29. The first-order chi connectivity index (χ1) is 11.2. The topological polar surface area (TPSA) is 0 Å². The number of allylic oxidation sites excluding steroid dienone is 4. The highest BCUT2D eigenvalue weighted by atomic mass is 32.1. The van der Waals surface area contributed by atoms with Crippen LogP contribution in [-0.4, -0.2) is 0 Å². The summed E-state index contributed by atoms with van der Waals surface area (Å²) in [5.41, 5.74) is 1.63. The third-order valence-electron chi connectivity index (χ3n) is 5.80. The predicted octanol–water partition coefficient (Wildman–Crippen LogP) is 5.14. The molecule has 120 valence electrons. The van der Waals surface area contributed by atoms with Crippen LogP contribution in [0.5, 0.6) is 0 Å². The Bertz CT molecular complexity index is 796. The van der Waals surface area contributed by atoms with Gasteiger partial charge in [-0.15, -0.1) is 11.3 Å². The van der Waals surface area contributed by atoms with Crippen molar-refractivity contribution in [3.05, 3.63) is 44.5 Å². The molecule has 1 saturated carbocycles. The summed E-state index contributed by atoms with van der Waals surface area (Å²) < 4.78 is 1.47. The van der Waals surface area contributed by atoms with E-state index < -0.39 is 0 Å². The average molecular weight is 323 g/mol. The summed E-state index contributed by atoms with van der Waals surface area (Å²) in [6.45, 7) is 4.69. The molecule has 1 aromatic heterocycles. The molecule has 0 aliphatic heterocycles. The fourth-order valence-electron chi connectivity index (χ4n) is 4.28. The molecule has 0 N–H and O–H groups in total. The summed E-state index contributed by atoms with van der Waals surface area (Å²) in [4.78, 5) is 1.42. The Labute approximate surface area is 143 Å². The molecule has 23 heavy (non-hydrogen) atoms. The maximum atomic E-state index is 2.57. The largest absolute Gasteiger partial charge is 0.136 e. The molecule has 0 bridgehead atoms. The number of fused-ring (bicyclic) bond motifs is 3. The van der Waals surface area contributed by atoms with Gasteiger partial charge in [0.2, 0.25) is 0 Å². The van der Waals surface area contributed by atoms with Gasteiger partial charge in [0.15, 0.2) is 0 Å². The van der Waals surface area contributed by atoms with Crippen LogP contribution >= 0.6 is 11.3 Å². The molecular weight excluding hydrogens is 296 g/mol. The lowest BCUT2D eigenvalue weighted by molar-refractivity contribution is 0.252. The van der Waals surface area contributed by atoms with Gasteiger partial charge in [0.25, 0.3) is 0 Å². The molecule has 0 spiro atoms. The van der Waals surface area contributed by atoms with Crippen molar-refractivity contribution in [1.82, 2.24) is 0 Å². The summed E-state index contributed by atoms with van der Waals surface area (Å²) in [5.74, 6) is 1.34. The molecule has 3 aliphatic rings. The van der Waals surface area contributed by atoms with Gasteiger partial charge < -0.3 is 0 Å². The fourth-order valence-corrected chi connectivity index (χ4v) is 5.55. The maximum absolute atomic E-state index is 2.57. The highest BCUT2D eigenvalue weighted by molar-refractivity contribution is 7.11. The van der Waals surface area contributed by atoms with E-state index in [0.29, 0.717) is 5.92 Å². The molecule has 4 rings (SSSR count). The zero-order chi connectivity index (χ0) is 15.9. The molecule has 0 amide bonds. The molecule has 1 aromatic rings. The van der Waals surface area contributed by atoms with Crippen molar-refractivity contribution in [2.24, 2.45) is 17.3 Å². The van der Waals surface area contributed by atoms with Crippen LogP contribution in [0.2, 0.25) is 0 Å². The van der Waals surface area contributed by atoms with E-state index in [9.17, 15) is 0 Å². The quantitative estimate of drug-likeness (QED) is 0.671. The number of rotatable bonds is 1. The number of hydrogen-bond acceptors (Lipinski definition) is 1. The zero-order valence-electron chi connectivity index (χ0n) is 14.2. The van der Waals surface area contributed by atoms with Crippen molar-refractivity contribution >= 4 is 35.6 Å². The van der Waals surface area contributed by atoms with E-state index >= 15 is 0 Å². The Morgan fingerprint density at radius 3 is 2.70 bits per heavy atom. The first kappa shape index (κ1) is 15.2. The van der Waals surface area contributed by atoms with E-state index in [1.54, 1.807) is 0 Å². The van der Waals surface area contributed by atoms with Crippen LogP contribution in [0.15, 0.2) is 24.3 Å². The molecular formula is C22H26S. The Balaban J connectivity index is 1.83. The third-order valence-corrected chi connectivity index (χ3v) is 6.94. The minimum atomic E-state index is 0.215. The van der Waals surface area contributed by atoms with Crippen molar-refractivity contribution in [3.8, 4) is 0 Å². The van der Waals surface area contributed by atoms with Gasteiger partial charge in [-0.2, -0.15) is 0 Å². The van der Waals surface area contributed by atoms with E-state index in [1.807, 2.05) is 11.3 Å². The predicted molar refractivity (Wildman–Crippen MR) is 104 cm³/mol. The highest BCUT2D eigenvalue weighted by Crippen LogP contribution is 2.41. The van der Waals surface area contributed by atoms with Gasteiger partial charge in [0, 0.05) is 14.8 Å². The molecule has 1 heterocycles. The number of thiophene rings is 1. The van der Waals surface area contributed by atoms with Gasteiger partial charge in [-0.1, -0.05) is 75.6 Å². The average Bonchev–Trinajstić information content (AvgIpc) is 2.68.